The van der Waals surface area contributed by atoms with Gasteiger partial charge in [-0.05, 0) is 43.0 Å². The first-order valence-electron chi connectivity index (χ1n) is 10.3. The molecule has 6 heteroatoms. The molecule has 1 N–H and O–H groups in total. The molecule has 1 atom stereocenters. The van der Waals surface area contributed by atoms with Gasteiger partial charge < -0.3 is 9.73 Å². The van der Waals surface area contributed by atoms with Crippen LogP contribution in [-0.4, -0.2) is 26.8 Å². The van der Waals surface area contributed by atoms with Gasteiger partial charge in [0.2, 0.25) is 5.89 Å². The van der Waals surface area contributed by atoms with Gasteiger partial charge in [0.15, 0.2) is 5.69 Å². The third-order valence-corrected chi connectivity index (χ3v) is 5.33. The maximum Gasteiger partial charge on any atom is 0.273 e. The zero-order chi connectivity index (χ0) is 21.5. The molecule has 0 fully saturated rings. The fraction of sp³-hybridized carbons (Fsp3) is 0.375. The zero-order valence-corrected chi connectivity index (χ0v) is 18.1. The normalized spacial score (nSPS) is 12.3. The van der Waals surface area contributed by atoms with E-state index >= 15 is 0 Å². The minimum absolute atomic E-state index is 0.246. The Morgan fingerprint density at radius 2 is 1.87 bits per heavy atom. The number of amides is 1. The van der Waals surface area contributed by atoms with Crippen LogP contribution in [-0.2, 0) is 19.6 Å². The van der Waals surface area contributed by atoms with Gasteiger partial charge in [0.05, 0.1) is 6.54 Å². The first-order chi connectivity index (χ1) is 14.4. The molecule has 0 spiro atoms. The van der Waals surface area contributed by atoms with Gasteiger partial charge in [0, 0.05) is 31.5 Å². The quantitative estimate of drug-likeness (QED) is 0.572. The van der Waals surface area contributed by atoms with Gasteiger partial charge in [-0.25, -0.2) is 4.98 Å². The molecule has 3 rings (SSSR count). The fourth-order valence-electron chi connectivity index (χ4n) is 3.25. The SMILES string of the molecule is Cc1cccc(CN(Cc2nc(C(=O)NCc3ccncc3)co2)C(C)C(C)C)c1. The predicted octanol–water partition coefficient (Wildman–Crippen LogP) is 4.35. The molecule has 158 valence electrons. The molecule has 0 radical (unpaired) electrons. The van der Waals surface area contributed by atoms with Gasteiger partial charge in [0.25, 0.3) is 5.91 Å². The van der Waals surface area contributed by atoms with E-state index in [0.29, 0.717) is 36.6 Å². The summed E-state index contributed by atoms with van der Waals surface area (Å²) in [6.45, 7) is 10.5. The minimum Gasteiger partial charge on any atom is -0.447 e. The van der Waals surface area contributed by atoms with Crippen molar-refractivity contribution in [2.75, 3.05) is 0 Å². The molecule has 0 aliphatic heterocycles. The van der Waals surface area contributed by atoms with Crippen molar-refractivity contribution in [1.82, 2.24) is 20.2 Å². The van der Waals surface area contributed by atoms with Gasteiger partial charge in [-0.2, -0.15) is 0 Å². The second-order valence-corrected chi connectivity index (χ2v) is 8.04. The Morgan fingerprint density at radius 1 is 1.10 bits per heavy atom. The number of nitrogens with one attached hydrogen (secondary N) is 1. The maximum absolute atomic E-state index is 12.4. The van der Waals surface area contributed by atoms with Gasteiger partial charge in [-0.1, -0.05) is 43.7 Å². The molecule has 6 nitrogen and oxygen atoms in total. The van der Waals surface area contributed by atoms with E-state index in [4.69, 9.17) is 4.42 Å². The van der Waals surface area contributed by atoms with E-state index in [9.17, 15) is 4.79 Å². The van der Waals surface area contributed by atoms with Crippen LogP contribution in [0.2, 0.25) is 0 Å². The van der Waals surface area contributed by atoms with E-state index in [2.05, 4.69) is 72.1 Å². The van der Waals surface area contributed by atoms with Crippen LogP contribution in [0.4, 0.5) is 0 Å². The monoisotopic (exact) mass is 406 g/mol. The Balaban J connectivity index is 1.66. The average Bonchev–Trinajstić information content (AvgIpc) is 3.20. The summed E-state index contributed by atoms with van der Waals surface area (Å²) in [6, 6.07) is 12.6. The molecule has 1 unspecified atom stereocenters. The van der Waals surface area contributed by atoms with Gasteiger partial charge in [0.1, 0.15) is 6.26 Å². The molecule has 2 aromatic heterocycles. The zero-order valence-electron chi connectivity index (χ0n) is 18.1. The molecule has 0 aliphatic carbocycles. The van der Waals surface area contributed by atoms with Crippen molar-refractivity contribution in [3.05, 3.63) is 83.3 Å². The Morgan fingerprint density at radius 3 is 2.57 bits per heavy atom. The summed E-state index contributed by atoms with van der Waals surface area (Å²) in [5, 5.41) is 2.87. The lowest BCUT2D eigenvalue weighted by Gasteiger charge is -2.30. The van der Waals surface area contributed by atoms with E-state index in [1.54, 1.807) is 12.4 Å². The van der Waals surface area contributed by atoms with Crippen molar-refractivity contribution < 1.29 is 9.21 Å². The first-order valence-corrected chi connectivity index (χ1v) is 10.3. The smallest absolute Gasteiger partial charge is 0.273 e. The summed E-state index contributed by atoms with van der Waals surface area (Å²) in [5.41, 5.74) is 3.78. The number of pyridine rings is 1. The van der Waals surface area contributed by atoms with Crippen LogP contribution in [0.15, 0.2) is 59.5 Å². The van der Waals surface area contributed by atoms with Crippen LogP contribution in [0.3, 0.4) is 0 Å². The Kier molecular flexibility index (Phi) is 7.36. The molecule has 1 aromatic carbocycles. The lowest BCUT2D eigenvalue weighted by molar-refractivity contribution is 0.0945. The number of carbonyl (C=O) groups excluding carboxylic acids is 1. The molecule has 1 amide bonds. The highest BCUT2D eigenvalue weighted by molar-refractivity contribution is 5.91. The third-order valence-electron chi connectivity index (χ3n) is 5.33. The number of benzene rings is 1. The molecular formula is C24H30N4O2. The van der Waals surface area contributed by atoms with Crippen molar-refractivity contribution in [1.29, 1.82) is 0 Å². The fourth-order valence-corrected chi connectivity index (χ4v) is 3.25. The summed E-state index contributed by atoms with van der Waals surface area (Å²) >= 11 is 0. The largest absolute Gasteiger partial charge is 0.447 e. The number of rotatable bonds is 9. The summed E-state index contributed by atoms with van der Waals surface area (Å²) in [5.74, 6) is 0.779. The molecule has 0 saturated heterocycles. The first kappa shape index (κ1) is 21.7. The Hall–Kier alpha value is -2.99. The van der Waals surface area contributed by atoms with E-state index < -0.39 is 0 Å². The molecule has 2 heterocycles. The number of hydrogen-bond donors (Lipinski definition) is 1. The summed E-state index contributed by atoms with van der Waals surface area (Å²) < 4.78 is 5.64. The highest BCUT2D eigenvalue weighted by Crippen LogP contribution is 2.18. The number of hydrogen-bond acceptors (Lipinski definition) is 5. The Bertz CT molecular complexity index is 953. The topological polar surface area (TPSA) is 71.3 Å². The van der Waals surface area contributed by atoms with E-state index in [1.165, 1.54) is 17.4 Å². The number of oxazole rings is 1. The maximum atomic E-state index is 12.4. The van der Waals surface area contributed by atoms with E-state index in [0.717, 1.165) is 12.1 Å². The molecular weight excluding hydrogens is 376 g/mol. The van der Waals surface area contributed by atoms with Crippen molar-refractivity contribution in [3.8, 4) is 0 Å². The van der Waals surface area contributed by atoms with Crippen molar-refractivity contribution in [3.63, 3.8) is 0 Å². The van der Waals surface area contributed by atoms with Crippen LogP contribution in [0.1, 0.15) is 53.8 Å². The average molecular weight is 407 g/mol. The third kappa shape index (κ3) is 6.00. The highest BCUT2D eigenvalue weighted by atomic mass is 16.3. The summed E-state index contributed by atoms with van der Waals surface area (Å²) in [4.78, 5) is 23.2. The van der Waals surface area contributed by atoms with Gasteiger partial charge in [-0.15, -0.1) is 0 Å². The number of carbonyl (C=O) groups is 1. The van der Waals surface area contributed by atoms with Crippen molar-refractivity contribution in [2.24, 2.45) is 5.92 Å². The van der Waals surface area contributed by atoms with E-state index in [1.807, 2.05) is 12.1 Å². The van der Waals surface area contributed by atoms with E-state index in [-0.39, 0.29) is 5.91 Å². The van der Waals surface area contributed by atoms with Crippen LogP contribution in [0.25, 0.3) is 0 Å². The van der Waals surface area contributed by atoms with Crippen LogP contribution in [0.5, 0.6) is 0 Å². The van der Waals surface area contributed by atoms with Gasteiger partial charge >= 0.3 is 0 Å². The molecule has 0 bridgehead atoms. The summed E-state index contributed by atoms with van der Waals surface area (Å²) in [7, 11) is 0. The molecule has 0 saturated carbocycles. The molecule has 30 heavy (non-hydrogen) atoms. The molecule has 0 aliphatic rings. The predicted molar refractivity (Wildman–Crippen MR) is 117 cm³/mol. The Labute approximate surface area is 178 Å². The number of aromatic nitrogens is 2. The number of aryl methyl sites for hydroxylation is 1. The highest BCUT2D eigenvalue weighted by Gasteiger charge is 2.21. The summed E-state index contributed by atoms with van der Waals surface area (Å²) in [6.07, 6.45) is 4.84. The van der Waals surface area contributed by atoms with Crippen molar-refractivity contribution in [2.45, 2.75) is 53.4 Å². The van der Waals surface area contributed by atoms with Gasteiger partial charge in [-0.3, -0.25) is 14.7 Å². The minimum atomic E-state index is -0.246. The lowest BCUT2D eigenvalue weighted by atomic mass is 10.0. The lowest BCUT2D eigenvalue weighted by Crippen LogP contribution is -2.36. The second-order valence-electron chi connectivity index (χ2n) is 8.04. The van der Waals surface area contributed by atoms with Crippen molar-refractivity contribution >= 4 is 5.91 Å². The van der Waals surface area contributed by atoms with Crippen LogP contribution >= 0.6 is 0 Å². The van der Waals surface area contributed by atoms with Crippen LogP contribution in [0, 0.1) is 12.8 Å². The number of nitrogens with zero attached hydrogens (tertiary/aromatic N) is 3. The second kappa shape index (κ2) is 10.2. The van der Waals surface area contributed by atoms with Crippen LogP contribution < -0.4 is 5.32 Å². The molecule has 3 aromatic rings. The standard InChI is InChI=1S/C24H30N4O2/c1-17(2)19(4)28(14-21-7-5-6-18(3)12-21)15-23-27-22(16-30-23)24(29)26-13-20-8-10-25-11-9-20/h5-12,16-17,19H,13-15H2,1-4H3,(H,26,29).